The summed E-state index contributed by atoms with van der Waals surface area (Å²) < 4.78 is 23.2. The molecule has 0 aliphatic carbocycles. The van der Waals surface area contributed by atoms with Crippen LogP contribution in [0.25, 0.3) is 0 Å². The van der Waals surface area contributed by atoms with Crippen LogP contribution in [0, 0.1) is 10.8 Å². The first kappa shape index (κ1) is 22.7. The summed E-state index contributed by atoms with van der Waals surface area (Å²) in [6.07, 6.45) is 2.08. The maximum Gasteiger partial charge on any atom is 0.320 e. The first-order valence-electron chi connectivity index (χ1n) is 9.31. The zero-order chi connectivity index (χ0) is 21.1. The number of sulfone groups is 1. The average Bonchev–Trinajstić information content (AvgIpc) is 2.60. The maximum atomic E-state index is 12.9. The van der Waals surface area contributed by atoms with Gasteiger partial charge in [-0.3, -0.25) is 10.2 Å². The van der Waals surface area contributed by atoms with Gasteiger partial charge in [0.2, 0.25) is 0 Å². The largest absolute Gasteiger partial charge is 0.378 e. The molecule has 2 fully saturated rings. The third-order valence-electron chi connectivity index (χ3n) is 4.76. The van der Waals surface area contributed by atoms with Crippen molar-refractivity contribution in [1.82, 2.24) is 9.80 Å². The van der Waals surface area contributed by atoms with Crippen molar-refractivity contribution < 1.29 is 18.0 Å². The number of hydrogen-bond donors (Lipinski definition) is 2. The lowest BCUT2D eigenvalue weighted by Gasteiger charge is -2.38. The Morgan fingerprint density at radius 2 is 1.75 bits per heavy atom. The number of piperidine rings is 1. The molecule has 2 aliphatic rings. The molecule has 11 heteroatoms. The molecule has 9 nitrogen and oxygen atoms in total. The highest BCUT2D eigenvalue weighted by atomic mass is 32.2. The molecule has 0 radical (unpaired) electrons. The Kier molecular flexibility index (Phi) is 7.13. The fraction of sp³-hybridized carbons (Fsp3) is 0.765. The topological polar surface area (TPSA) is 137 Å². The van der Waals surface area contributed by atoms with Crippen LogP contribution in [0.5, 0.6) is 0 Å². The standard InChI is InChI=1S/C17H29N5O4S2/c1-17(2,3)14(18)27-15(19)20-13(23)12-6-4-5-7-22(12)16(24)21-8-10-28(25,26)11-9-21/h12,18H,4-11H2,1-3H3,(H2,19,20,23). The van der Waals surface area contributed by atoms with Crippen molar-refractivity contribution in [3.63, 3.8) is 0 Å². The molecule has 0 spiro atoms. The number of aliphatic imine (C=N–C) groups is 1. The lowest BCUT2D eigenvalue weighted by Crippen LogP contribution is -2.55. The molecule has 3 N–H and O–H groups in total. The molecule has 2 rings (SSSR count). The van der Waals surface area contributed by atoms with E-state index in [1.54, 1.807) is 0 Å². The van der Waals surface area contributed by atoms with E-state index in [1.807, 2.05) is 20.8 Å². The number of amides is 3. The summed E-state index contributed by atoms with van der Waals surface area (Å²) in [4.78, 5) is 32.4. The lowest BCUT2D eigenvalue weighted by molar-refractivity contribution is -0.123. The number of carbonyl (C=O) groups is 2. The summed E-state index contributed by atoms with van der Waals surface area (Å²) in [5, 5.41) is 8.29. The first-order valence-corrected chi connectivity index (χ1v) is 12.0. The summed E-state index contributed by atoms with van der Waals surface area (Å²) >= 11 is 0.946. The van der Waals surface area contributed by atoms with Gasteiger partial charge < -0.3 is 15.5 Å². The summed E-state index contributed by atoms with van der Waals surface area (Å²) in [6, 6.07) is -1.03. The number of likely N-dealkylation sites (tertiary alicyclic amines) is 1. The zero-order valence-electron chi connectivity index (χ0n) is 16.6. The predicted molar refractivity (Wildman–Crippen MR) is 111 cm³/mol. The summed E-state index contributed by atoms with van der Waals surface area (Å²) in [5.74, 6) is -0.603. The zero-order valence-corrected chi connectivity index (χ0v) is 18.2. The monoisotopic (exact) mass is 431 g/mol. The second kappa shape index (κ2) is 8.81. The molecule has 2 heterocycles. The fourth-order valence-electron chi connectivity index (χ4n) is 2.97. The Hall–Kier alpha value is -1.62. The lowest BCUT2D eigenvalue weighted by atomic mass is 9.99. The number of carbonyl (C=O) groups excluding carboxylic acids is 2. The summed E-state index contributed by atoms with van der Waals surface area (Å²) in [7, 11) is -3.09. The van der Waals surface area contributed by atoms with Gasteiger partial charge in [0, 0.05) is 25.0 Å². The third-order valence-corrected chi connectivity index (χ3v) is 7.48. The SMILES string of the molecule is CC(C)(C)C(=N)SC(N)=NC(=O)C1CCCCN1C(=O)N1CCS(=O)(=O)CC1. The minimum absolute atomic E-state index is 0.00744. The van der Waals surface area contributed by atoms with Crippen LogP contribution in [0.2, 0.25) is 0 Å². The van der Waals surface area contributed by atoms with E-state index >= 15 is 0 Å². The van der Waals surface area contributed by atoms with E-state index in [9.17, 15) is 18.0 Å². The molecule has 28 heavy (non-hydrogen) atoms. The van der Waals surface area contributed by atoms with E-state index in [1.165, 1.54) is 9.80 Å². The Morgan fingerprint density at radius 3 is 2.32 bits per heavy atom. The first-order chi connectivity index (χ1) is 12.9. The molecule has 2 saturated heterocycles. The summed E-state index contributed by atoms with van der Waals surface area (Å²) in [6.45, 7) is 6.33. The van der Waals surface area contributed by atoms with E-state index in [0.717, 1.165) is 24.6 Å². The molecule has 1 atom stereocenters. The van der Waals surface area contributed by atoms with Gasteiger partial charge in [0.1, 0.15) is 6.04 Å². The number of nitrogens with two attached hydrogens (primary N) is 1. The van der Waals surface area contributed by atoms with Crippen LogP contribution in [0.3, 0.4) is 0 Å². The van der Waals surface area contributed by atoms with Gasteiger partial charge in [0.05, 0.1) is 16.5 Å². The minimum atomic E-state index is -3.09. The number of nitrogens with one attached hydrogen (secondary N) is 1. The molecule has 3 amide bonds. The normalized spacial score (nSPS) is 23.4. The molecule has 0 saturated carbocycles. The molecule has 0 aromatic heterocycles. The summed E-state index contributed by atoms with van der Waals surface area (Å²) in [5.41, 5.74) is 5.45. The quantitative estimate of drug-likeness (QED) is 0.474. The smallest absolute Gasteiger partial charge is 0.320 e. The maximum absolute atomic E-state index is 12.9. The van der Waals surface area contributed by atoms with Gasteiger partial charge in [-0.1, -0.05) is 20.8 Å². The van der Waals surface area contributed by atoms with Crippen molar-refractivity contribution in [3.05, 3.63) is 0 Å². The number of thioether (sulfide) groups is 1. The second-order valence-corrected chi connectivity index (χ2v) is 11.4. The van der Waals surface area contributed by atoms with Crippen molar-refractivity contribution >= 4 is 43.7 Å². The molecule has 1 unspecified atom stereocenters. The van der Waals surface area contributed by atoms with Crippen molar-refractivity contribution in [1.29, 1.82) is 5.41 Å². The van der Waals surface area contributed by atoms with Gasteiger partial charge in [0.15, 0.2) is 15.0 Å². The highest BCUT2D eigenvalue weighted by Crippen LogP contribution is 2.24. The van der Waals surface area contributed by atoms with Crippen LogP contribution in [-0.4, -0.2) is 77.5 Å². The minimum Gasteiger partial charge on any atom is -0.378 e. The molecular weight excluding hydrogens is 402 g/mol. The molecule has 158 valence electrons. The Balaban J connectivity index is 2.07. The van der Waals surface area contributed by atoms with Crippen molar-refractivity contribution in [2.45, 2.75) is 46.1 Å². The van der Waals surface area contributed by atoms with Crippen molar-refractivity contribution in [2.75, 3.05) is 31.1 Å². The fourth-order valence-corrected chi connectivity index (χ4v) is 4.82. The van der Waals surface area contributed by atoms with E-state index in [-0.39, 0.29) is 35.8 Å². The average molecular weight is 432 g/mol. The highest BCUT2D eigenvalue weighted by Gasteiger charge is 2.36. The molecule has 0 aromatic carbocycles. The van der Waals surface area contributed by atoms with E-state index in [2.05, 4.69) is 4.99 Å². The van der Waals surface area contributed by atoms with Crippen LogP contribution >= 0.6 is 11.8 Å². The van der Waals surface area contributed by atoms with Gasteiger partial charge >= 0.3 is 6.03 Å². The van der Waals surface area contributed by atoms with E-state index < -0.39 is 27.2 Å². The van der Waals surface area contributed by atoms with Crippen molar-refractivity contribution in [3.8, 4) is 0 Å². The van der Waals surface area contributed by atoms with Crippen LogP contribution < -0.4 is 5.73 Å². The number of hydrogen-bond acceptors (Lipinski definition) is 6. The Morgan fingerprint density at radius 1 is 1.14 bits per heavy atom. The van der Waals surface area contributed by atoms with E-state index in [0.29, 0.717) is 18.0 Å². The predicted octanol–water partition coefficient (Wildman–Crippen LogP) is 1.29. The number of urea groups is 1. The third kappa shape index (κ3) is 5.94. The highest BCUT2D eigenvalue weighted by molar-refractivity contribution is 8.26. The molecule has 0 aromatic rings. The Labute approximate surface area is 170 Å². The molecule has 0 bridgehead atoms. The van der Waals surface area contributed by atoms with Crippen molar-refractivity contribution in [2.24, 2.45) is 16.1 Å². The van der Waals surface area contributed by atoms with Crippen LogP contribution in [0.15, 0.2) is 4.99 Å². The number of rotatable bonds is 1. The van der Waals surface area contributed by atoms with E-state index in [4.69, 9.17) is 11.1 Å². The van der Waals surface area contributed by atoms with Crippen LogP contribution in [-0.2, 0) is 14.6 Å². The second-order valence-electron chi connectivity index (χ2n) is 8.10. The molecule has 2 aliphatic heterocycles. The van der Waals surface area contributed by atoms with Crippen LogP contribution in [0.1, 0.15) is 40.0 Å². The number of nitrogens with zero attached hydrogens (tertiary/aromatic N) is 3. The van der Waals surface area contributed by atoms with Gasteiger partial charge in [0.25, 0.3) is 5.91 Å². The van der Waals surface area contributed by atoms with Gasteiger partial charge in [-0.15, -0.1) is 0 Å². The number of amidine groups is 1. The Bertz CT molecular complexity index is 759. The van der Waals surface area contributed by atoms with Gasteiger partial charge in [-0.2, -0.15) is 4.99 Å². The van der Waals surface area contributed by atoms with Crippen LogP contribution in [0.4, 0.5) is 4.79 Å². The van der Waals surface area contributed by atoms with Gasteiger partial charge in [-0.05, 0) is 31.0 Å². The van der Waals surface area contributed by atoms with Gasteiger partial charge in [-0.25, -0.2) is 13.2 Å². The molecular formula is C17H29N5O4S2.